The maximum Gasteiger partial charge on any atom is 0.303 e. The van der Waals surface area contributed by atoms with E-state index in [0.717, 1.165) is 10.4 Å². The van der Waals surface area contributed by atoms with Gasteiger partial charge in [0, 0.05) is 13.1 Å². The van der Waals surface area contributed by atoms with Gasteiger partial charge >= 0.3 is 5.97 Å². The number of nitrogens with zero attached hydrogens (tertiary/aromatic N) is 3. The maximum atomic E-state index is 12.2. The molecule has 5 rings (SSSR count). The van der Waals surface area contributed by atoms with Gasteiger partial charge in [-0.2, -0.15) is 0 Å². The maximum absolute atomic E-state index is 12.2. The number of ether oxygens (including phenoxy) is 2. The van der Waals surface area contributed by atoms with E-state index in [4.69, 9.17) is 21.0 Å². The molecular formula is C30H36N4O5Si. The zero-order chi connectivity index (χ0) is 29.6. The molecular weight excluding hydrogens is 524 g/mol. The number of esters is 1. The van der Waals surface area contributed by atoms with Crippen LogP contribution >= 0.6 is 0 Å². The van der Waals surface area contributed by atoms with Gasteiger partial charge in [-0.25, -0.2) is 9.97 Å². The van der Waals surface area contributed by atoms with Gasteiger partial charge in [0.1, 0.15) is 29.5 Å². The molecule has 0 amide bonds. The molecule has 0 saturated carbocycles. The Morgan fingerprint density at radius 2 is 1.75 bits per heavy atom. The first-order chi connectivity index (χ1) is 19.4. The van der Waals surface area contributed by atoms with Crippen molar-refractivity contribution in [2.45, 2.75) is 63.7 Å². The molecule has 10 heteroatoms. The molecule has 1 saturated heterocycles. The molecule has 4 atom stereocenters. The van der Waals surface area contributed by atoms with E-state index in [-0.39, 0.29) is 23.5 Å². The van der Waals surface area contributed by atoms with Crippen molar-refractivity contribution in [3.63, 3.8) is 0 Å². The summed E-state index contributed by atoms with van der Waals surface area (Å²) in [6.07, 6.45) is -0.147. The molecule has 2 aromatic heterocycles. The Morgan fingerprint density at radius 1 is 1.15 bits per heavy atom. The average Bonchev–Trinajstić information content (AvgIpc) is 3.38. The van der Waals surface area contributed by atoms with E-state index in [1.165, 1.54) is 19.4 Å². The number of fused-ring (bicyclic) bond motifs is 1. The lowest BCUT2D eigenvalue weighted by Crippen LogP contribution is -2.67. The standard InChI is InChI=1S/C30H36N4O5Si/c1-20(35)38-25-24(39-28(30(25,5)36)34-17-16-23-26(31)32-19-33-27(23)34)18-37-40(29(2,3)4,21-12-8-6-9-13-21)22-14-10-7-11-15-22/h6-17,19,24-25,28,36H,18H2,1-5H3,(H2,31,32,33)/i16T. The van der Waals surface area contributed by atoms with Crippen molar-refractivity contribution in [1.29, 1.82) is 0 Å². The molecule has 0 bridgehead atoms. The first kappa shape index (κ1) is 26.6. The van der Waals surface area contributed by atoms with Crippen LogP contribution in [0.1, 0.15) is 42.2 Å². The van der Waals surface area contributed by atoms with Gasteiger partial charge in [-0.1, -0.05) is 81.4 Å². The lowest BCUT2D eigenvalue weighted by Gasteiger charge is -2.43. The van der Waals surface area contributed by atoms with Crippen LogP contribution in [0.15, 0.2) is 79.2 Å². The average molecular weight is 563 g/mol. The van der Waals surface area contributed by atoms with Crippen LogP contribution in [0.5, 0.6) is 0 Å². The number of nitrogen functional groups attached to an aromatic ring is 1. The predicted octanol–water partition coefficient (Wildman–Crippen LogP) is 3.17. The Balaban J connectivity index is 1.58. The molecule has 4 unspecified atom stereocenters. The summed E-state index contributed by atoms with van der Waals surface area (Å²) in [5, 5.41) is 14.1. The van der Waals surface area contributed by atoms with Gasteiger partial charge in [-0.3, -0.25) is 4.79 Å². The monoisotopic (exact) mass is 562 g/mol. The number of hydrogen-bond donors (Lipinski definition) is 2. The summed E-state index contributed by atoms with van der Waals surface area (Å²) < 4.78 is 29.2. The van der Waals surface area contributed by atoms with Crippen LogP contribution < -0.4 is 16.1 Å². The SMILES string of the molecule is [3H]c1cn(C2OC(CO[Si](c3ccccc3)(c3ccccc3)C(C)(C)C)C(OC(C)=O)C2(C)O)c2ncnc(N)c12. The number of carbonyl (C=O) groups excluding carboxylic acids is 1. The number of aromatic nitrogens is 3. The summed E-state index contributed by atoms with van der Waals surface area (Å²) in [7, 11) is -2.96. The molecule has 3 N–H and O–H groups in total. The summed E-state index contributed by atoms with van der Waals surface area (Å²) in [5.74, 6) is -0.403. The lowest BCUT2D eigenvalue weighted by molar-refractivity contribution is -0.161. The number of hydrogen-bond acceptors (Lipinski definition) is 8. The van der Waals surface area contributed by atoms with Crippen molar-refractivity contribution in [3.8, 4) is 0 Å². The van der Waals surface area contributed by atoms with E-state index in [0.29, 0.717) is 11.0 Å². The van der Waals surface area contributed by atoms with Crippen LogP contribution in [0.2, 0.25) is 5.04 Å². The third-order valence-electron chi connectivity index (χ3n) is 7.59. The fraction of sp³-hybridized carbons (Fsp3) is 0.367. The minimum atomic E-state index is -2.96. The fourth-order valence-electron chi connectivity index (χ4n) is 5.81. The van der Waals surface area contributed by atoms with E-state index in [2.05, 4.69) is 55.0 Å². The second kappa shape index (κ2) is 10.4. The van der Waals surface area contributed by atoms with E-state index >= 15 is 0 Å². The van der Waals surface area contributed by atoms with Gasteiger partial charge in [0.25, 0.3) is 8.32 Å². The molecule has 0 aliphatic carbocycles. The summed E-state index contributed by atoms with van der Waals surface area (Å²) in [4.78, 5) is 20.6. The van der Waals surface area contributed by atoms with Gasteiger partial charge in [0.2, 0.25) is 0 Å². The second-order valence-corrected chi connectivity index (χ2v) is 15.7. The van der Waals surface area contributed by atoms with Crippen molar-refractivity contribution in [2.75, 3.05) is 12.3 Å². The first-order valence-corrected chi connectivity index (χ1v) is 15.2. The van der Waals surface area contributed by atoms with Crippen LogP contribution in [-0.2, 0) is 18.7 Å². The van der Waals surface area contributed by atoms with Crippen LogP contribution in [0.4, 0.5) is 5.82 Å². The highest BCUT2D eigenvalue weighted by Gasteiger charge is 2.58. The molecule has 210 valence electrons. The van der Waals surface area contributed by atoms with E-state index in [1.54, 1.807) is 11.5 Å². The van der Waals surface area contributed by atoms with Crippen LogP contribution in [0, 0.1) is 0 Å². The van der Waals surface area contributed by atoms with Crippen molar-refractivity contribution in [3.05, 3.63) is 79.2 Å². The van der Waals surface area contributed by atoms with Crippen LogP contribution in [0.3, 0.4) is 0 Å². The fourth-order valence-corrected chi connectivity index (χ4v) is 10.4. The van der Waals surface area contributed by atoms with Crippen molar-refractivity contribution < 1.29 is 25.2 Å². The zero-order valence-electron chi connectivity index (χ0n) is 24.4. The molecule has 4 aromatic rings. The molecule has 1 fully saturated rings. The number of anilines is 1. The topological polar surface area (TPSA) is 122 Å². The van der Waals surface area contributed by atoms with Gasteiger partial charge in [-0.15, -0.1) is 0 Å². The van der Waals surface area contributed by atoms with Crippen molar-refractivity contribution in [2.24, 2.45) is 0 Å². The van der Waals surface area contributed by atoms with E-state index < -0.39 is 38.3 Å². The number of nitrogens with two attached hydrogens (primary N) is 1. The highest BCUT2D eigenvalue weighted by atomic mass is 28.4. The third kappa shape index (κ3) is 4.70. The summed E-state index contributed by atoms with van der Waals surface area (Å²) in [5.41, 5.74) is 4.68. The van der Waals surface area contributed by atoms with Gasteiger partial charge < -0.3 is 29.3 Å². The molecule has 1 aliphatic rings. The lowest BCUT2D eigenvalue weighted by atomic mass is 9.96. The smallest absolute Gasteiger partial charge is 0.303 e. The molecule has 9 nitrogen and oxygen atoms in total. The molecule has 40 heavy (non-hydrogen) atoms. The predicted molar refractivity (Wildman–Crippen MR) is 156 cm³/mol. The summed E-state index contributed by atoms with van der Waals surface area (Å²) >= 11 is 0. The van der Waals surface area contributed by atoms with Crippen molar-refractivity contribution >= 4 is 41.5 Å². The molecule has 2 aromatic carbocycles. The second-order valence-electron chi connectivity index (χ2n) is 11.4. The zero-order valence-corrected chi connectivity index (χ0v) is 24.4. The first-order valence-electron chi connectivity index (χ1n) is 13.8. The Bertz CT molecular complexity index is 1500. The highest BCUT2D eigenvalue weighted by Crippen LogP contribution is 2.43. The number of aliphatic hydroxyl groups is 1. The minimum Gasteiger partial charge on any atom is -0.456 e. The molecule has 3 heterocycles. The Hall–Kier alpha value is -3.57. The third-order valence-corrected chi connectivity index (χ3v) is 12.6. The van der Waals surface area contributed by atoms with E-state index in [1.807, 2.05) is 36.4 Å². The number of rotatable bonds is 7. The summed E-state index contributed by atoms with van der Waals surface area (Å²) in [6, 6.07) is 20.4. The largest absolute Gasteiger partial charge is 0.456 e. The Labute approximate surface area is 236 Å². The quantitative estimate of drug-likeness (QED) is 0.260. The minimum absolute atomic E-state index is 0.0436. The van der Waals surface area contributed by atoms with Gasteiger partial charge in [0.05, 0.1) is 13.4 Å². The summed E-state index contributed by atoms with van der Waals surface area (Å²) in [6.45, 7) is 9.40. The Kier molecular flexibility index (Phi) is 6.95. The van der Waals surface area contributed by atoms with Crippen LogP contribution in [0.25, 0.3) is 11.0 Å². The number of carbonyl (C=O) groups is 1. The normalized spacial score (nSPS) is 23.8. The van der Waals surface area contributed by atoms with E-state index in [9.17, 15) is 9.90 Å². The molecule has 0 spiro atoms. The highest BCUT2D eigenvalue weighted by molar-refractivity contribution is 6.99. The number of benzene rings is 2. The molecule has 1 aliphatic heterocycles. The van der Waals surface area contributed by atoms with Crippen LogP contribution in [-0.4, -0.2) is 58.3 Å². The van der Waals surface area contributed by atoms with Gasteiger partial charge in [-0.05, 0) is 28.4 Å². The molecule has 0 radical (unpaired) electrons. The Morgan fingerprint density at radius 3 is 2.30 bits per heavy atom. The van der Waals surface area contributed by atoms with Gasteiger partial charge in [0.15, 0.2) is 12.3 Å². The van der Waals surface area contributed by atoms with Crippen molar-refractivity contribution in [1.82, 2.24) is 14.5 Å².